The minimum absolute atomic E-state index is 0.0359. The van der Waals surface area contributed by atoms with E-state index in [0.29, 0.717) is 28.7 Å². The van der Waals surface area contributed by atoms with Crippen molar-refractivity contribution >= 4 is 29.1 Å². The summed E-state index contributed by atoms with van der Waals surface area (Å²) >= 11 is 11.9. The van der Waals surface area contributed by atoms with Crippen LogP contribution in [0, 0.1) is 0 Å². The third-order valence-electron chi connectivity index (χ3n) is 3.22. The van der Waals surface area contributed by atoms with Crippen LogP contribution in [0.3, 0.4) is 0 Å². The van der Waals surface area contributed by atoms with Gasteiger partial charge in [0, 0.05) is 25.2 Å². The molecule has 1 aromatic carbocycles. The first kappa shape index (κ1) is 13.7. The van der Waals surface area contributed by atoms with Crippen LogP contribution in [0.15, 0.2) is 18.2 Å². The van der Waals surface area contributed by atoms with Crippen LogP contribution < -0.4 is 0 Å². The van der Waals surface area contributed by atoms with E-state index in [2.05, 4.69) is 0 Å². The molecule has 0 bridgehead atoms. The highest BCUT2D eigenvalue weighted by Crippen LogP contribution is 2.24. The average molecular weight is 288 g/mol. The fourth-order valence-electron chi connectivity index (χ4n) is 2.13. The summed E-state index contributed by atoms with van der Waals surface area (Å²) in [7, 11) is 1.71. The number of amides is 1. The number of piperidine rings is 1. The van der Waals surface area contributed by atoms with Gasteiger partial charge in [0.05, 0.1) is 16.7 Å². The Kier molecular flexibility index (Phi) is 4.49. The summed E-state index contributed by atoms with van der Waals surface area (Å²) in [5.74, 6) is -0.0359. The van der Waals surface area contributed by atoms with Crippen LogP contribution in [0.5, 0.6) is 0 Å². The van der Waals surface area contributed by atoms with Crippen molar-refractivity contribution in [2.45, 2.75) is 18.9 Å². The number of ether oxygens (including phenoxy) is 1. The zero-order valence-electron chi connectivity index (χ0n) is 10.2. The Morgan fingerprint density at radius 3 is 2.56 bits per heavy atom. The fourth-order valence-corrected chi connectivity index (χ4v) is 2.62. The van der Waals surface area contributed by atoms with E-state index < -0.39 is 0 Å². The van der Waals surface area contributed by atoms with Gasteiger partial charge in [-0.25, -0.2) is 0 Å². The van der Waals surface area contributed by atoms with Gasteiger partial charge >= 0.3 is 0 Å². The minimum Gasteiger partial charge on any atom is -0.381 e. The van der Waals surface area contributed by atoms with Gasteiger partial charge < -0.3 is 9.64 Å². The molecule has 0 N–H and O–H groups in total. The Morgan fingerprint density at radius 2 is 2.00 bits per heavy atom. The molecule has 1 fully saturated rings. The Morgan fingerprint density at radius 1 is 1.33 bits per heavy atom. The van der Waals surface area contributed by atoms with Gasteiger partial charge in [-0.05, 0) is 31.0 Å². The van der Waals surface area contributed by atoms with Gasteiger partial charge in [0.1, 0.15) is 0 Å². The highest BCUT2D eigenvalue weighted by molar-refractivity contribution is 6.36. The van der Waals surface area contributed by atoms with Gasteiger partial charge in [-0.15, -0.1) is 0 Å². The maximum atomic E-state index is 12.3. The van der Waals surface area contributed by atoms with Crippen molar-refractivity contribution in [3.05, 3.63) is 33.8 Å². The molecule has 2 rings (SSSR count). The largest absolute Gasteiger partial charge is 0.381 e. The molecule has 0 aromatic heterocycles. The summed E-state index contributed by atoms with van der Waals surface area (Å²) in [6.45, 7) is 1.41. The van der Waals surface area contributed by atoms with E-state index >= 15 is 0 Å². The van der Waals surface area contributed by atoms with E-state index in [1.807, 2.05) is 4.90 Å². The SMILES string of the molecule is COC1CCN(C(=O)c2ccc(Cl)cc2Cl)CC1. The van der Waals surface area contributed by atoms with Gasteiger partial charge in [-0.3, -0.25) is 4.79 Å². The number of hydrogen-bond donors (Lipinski definition) is 0. The van der Waals surface area contributed by atoms with Gasteiger partial charge in [-0.1, -0.05) is 23.2 Å². The summed E-state index contributed by atoms with van der Waals surface area (Å²) < 4.78 is 5.28. The van der Waals surface area contributed by atoms with E-state index in [9.17, 15) is 4.79 Å². The fraction of sp³-hybridized carbons (Fsp3) is 0.462. The summed E-state index contributed by atoms with van der Waals surface area (Å²) in [4.78, 5) is 14.1. The molecular weight excluding hydrogens is 273 g/mol. The van der Waals surface area contributed by atoms with Crippen molar-refractivity contribution in [2.75, 3.05) is 20.2 Å². The van der Waals surface area contributed by atoms with Crippen LogP contribution in [-0.2, 0) is 4.74 Å². The number of nitrogens with zero attached hydrogens (tertiary/aromatic N) is 1. The zero-order chi connectivity index (χ0) is 13.1. The molecule has 1 aromatic rings. The molecule has 1 aliphatic heterocycles. The normalized spacial score (nSPS) is 16.9. The lowest BCUT2D eigenvalue weighted by atomic mass is 10.1. The quantitative estimate of drug-likeness (QED) is 0.836. The van der Waals surface area contributed by atoms with Crippen LogP contribution in [0.4, 0.5) is 0 Å². The second kappa shape index (κ2) is 5.91. The molecule has 0 atom stereocenters. The third kappa shape index (κ3) is 2.97. The molecule has 0 saturated carbocycles. The molecule has 0 unspecified atom stereocenters. The van der Waals surface area contributed by atoms with Gasteiger partial charge in [0.15, 0.2) is 0 Å². The number of likely N-dealkylation sites (tertiary alicyclic amines) is 1. The Labute approximate surface area is 117 Å². The lowest BCUT2D eigenvalue weighted by molar-refractivity contribution is 0.0351. The van der Waals surface area contributed by atoms with E-state index in [1.54, 1.807) is 25.3 Å². The molecule has 1 saturated heterocycles. The molecule has 1 amide bonds. The molecule has 0 spiro atoms. The zero-order valence-corrected chi connectivity index (χ0v) is 11.7. The minimum atomic E-state index is -0.0359. The van der Waals surface area contributed by atoms with E-state index in [-0.39, 0.29) is 12.0 Å². The first-order valence-corrected chi connectivity index (χ1v) is 6.64. The average Bonchev–Trinajstić information content (AvgIpc) is 2.38. The van der Waals surface area contributed by atoms with Crippen molar-refractivity contribution in [3.8, 4) is 0 Å². The number of hydrogen-bond acceptors (Lipinski definition) is 2. The first-order valence-electron chi connectivity index (χ1n) is 5.89. The predicted molar refractivity (Wildman–Crippen MR) is 72.4 cm³/mol. The van der Waals surface area contributed by atoms with Crippen molar-refractivity contribution in [1.29, 1.82) is 0 Å². The number of carbonyl (C=O) groups excluding carboxylic acids is 1. The van der Waals surface area contributed by atoms with Crippen molar-refractivity contribution in [3.63, 3.8) is 0 Å². The van der Waals surface area contributed by atoms with E-state index in [0.717, 1.165) is 12.8 Å². The molecular formula is C13H15Cl2NO2. The van der Waals surface area contributed by atoms with E-state index in [4.69, 9.17) is 27.9 Å². The number of rotatable bonds is 2. The van der Waals surface area contributed by atoms with Crippen LogP contribution in [0.25, 0.3) is 0 Å². The molecule has 0 radical (unpaired) electrons. The number of halogens is 2. The Hall–Kier alpha value is -0.770. The maximum Gasteiger partial charge on any atom is 0.255 e. The van der Waals surface area contributed by atoms with E-state index in [1.165, 1.54) is 0 Å². The molecule has 1 heterocycles. The lowest BCUT2D eigenvalue weighted by Gasteiger charge is -2.31. The van der Waals surface area contributed by atoms with Crippen molar-refractivity contribution in [2.24, 2.45) is 0 Å². The topological polar surface area (TPSA) is 29.5 Å². The Balaban J connectivity index is 2.08. The van der Waals surface area contributed by atoms with Gasteiger partial charge in [-0.2, -0.15) is 0 Å². The number of methoxy groups -OCH3 is 1. The molecule has 3 nitrogen and oxygen atoms in total. The van der Waals surface area contributed by atoms with Crippen molar-refractivity contribution < 1.29 is 9.53 Å². The highest BCUT2D eigenvalue weighted by Gasteiger charge is 2.24. The second-order valence-corrected chi connectivity index (χ2v) is 5.20. The van der Waals surface area contributed by atoms with Crippen molar-refractivity contribution in [1.82, 2.24) is 4.90 Å². The third-order valence-corrected chi connectivity index (χ3v) is 3.77. The molecule has 0 aliphatic carbocycles. The van der Waals surface area contributed by atoms with Gasteiger partial charge in [0.2, 0.25) is 0 Å². The standard InChI is InChI=1S/C13H15Cl2NO2/c1-18-10-4-6-16(7-5-10)13(17)11-3-2-9(14)8-12(11)15/h2-3,8,10H,4-7H2,1H3. The lowest BCUT2D eigenvalue weighted by Crippen LogP contribution is -2.40. The van der Waals surface area contributed by atoms with Gasteiger partial charge in [0.25, 0.3) is 5.91 Å². The Bertz CT molecular complexity index is 443. The monoisotopic (exact) mass is 287 g/mol. The summed E-state index contributed by atoms with van der Waals surface area (Å²) in [5.41, 5.74) is 0.511. The van der Waals surface area contributed by atoms with Crippen LogP contribution in [0.1, 0.15) is 23.2 Å². The smallest absolute Gasteiger partial charge is 0.255 e. The summed E-state index contributed by atoms with van der Waals surface area (Å²) in [5, 5.41) is 0.941. The maximum absolute atomic E-state index is 12.3. The molecule has 98 valence electrons. The molecule has 5 heteroatoms. The molecule has 18 heavy (non-hydrogen) atoms. The predicted octanol–water partition coefficient (Wildman–Crippen LogP) is 3.24. The first-order chi connectivity index (χ1) is 8.61. The number of carbonyl (C=O) groups is 1. The van der Waals surface area contributed by atoms with Crippen LogP contribution >= 0.6 is 23.2 Å². The second-order valence-electron chi connectivity index (χ2n) is 4.35. The van der Waals surface area contributed by atoms with Crippen LogP contribution in [-0.4, -0.2) is 37.1 Å². The highest BCUT2D eigenvalue weighted by atomic mass is 35.5. The molecule has 1 aliphatic rings. The summed E-state index contributed by atoms with van der Waals surface area (Å²) in [6.07, 6.45) is 2.00. The van der Waals surface area contributed by atoms with Crippen LogP contribution in [0.2, 0.25) is 10.0 Å². The number of benzene rings is 1. The summed E-state index contributed by atoms with van der Waals surface area (Å²) in [6, 6.07) is 4.95.